The zero-order valence-electron chi connectivity index (χ0n) is 15.9. The van der Waals surface area contributed by atoms with Crippen molar-refractivity contribution in [3.8, 4) is 11.4 Å². The van der Waals surface area contributed by atoms with E-state index in [1.807, 2.05) is 35.2 Å². The summed E-state index contributed by atoms with van der Waals surface area (Å²) in [7, 11) is 0. The molecule has 0 radical (unpaired) electrons. The van der Waals surface area contributed by atoms with Gasteiger partial charge < -0.3 is 10.2 Å². The number of piperidine rings is 1. The zero-order chi connectivity index (χ0) is 18.5. The number of hydrogen-bond acceptors (Lipinski definition) is 3. The summed E-state index contributed by atoms with van der Waals surface area (Å²) in [5.41, 5.74) is 1.04. The molecule has 1 aliphatic carbocycles. The van der Waals surface area contributed by atoms with Gasteiger partial charge in [-0.15, -0.1) is 0 Å². The Morgan fingerprint density at radius 3 is 2.56 bits per heavy atom. The Labute approximate surface area is 160 Å². The molecule has 2 fully saturated rings. The minimum absolute atomic E-state index is 0.131. The molecular weight excluding hydrogens is 338 g/mol. The van der Waals surface area contributed by atoms with Crippen LogP contribution in [0.5, 0.6) is 0 Å². The second-order valence-electron chi connectivity index (χ2n) is 7.89. The largest absolute Gasteiger partial charge is 0.335 e. The molecule has 1 aromatic heterocycles. The molecule has 0 bridgehead atoms. The van der Waals surface area contributed by atoms with Gasteiger partial charge in [-0.25, -0.2) is 9.78 Å². The maximum atomic E-state index is 12.5. The smallest absolute Gasteiger partial charge is 0.317 e. The lowest BCUT2D eigenvalue weighted by atomic mass is 9.93. The molecule has 2 aliphatic rings. The first-order valence-corrected chi connectivity index (χ1v) is 10.3. The Morgan fingerprint density at radius 1 is 1.07 bits per heavy atom. The van der Waals surface area contributed by atoms with E-state index in [0.717, 1.165) is 62.4 Å². The van der Waals surface area contributed by atoms with E-state index in [1.165, 1.54) is 19.3 Å². The van der Waals surface area contributed by atoms with Crippen LogP contribution in [-0.4, -0.2) is 45.2 Å². The monoisotopic (exact) mass is 367 g/mol. The van der Waals surface area contributed by atoms with Crippen molar-refractivity contribution < 1.29 is 4.79 Å². The van der Waals surface area contributed by atoms with Crippen molar-refractivity contribution in [3.63, 3.8) is 0 Å². The Balaban J connectivity index is 1.25. The number of benzene rings is 1. The van der Waals surface area contributed by atoms with Crippen molar-refractivity contribution in [3.05, 3.63) is 36.2 Å². The molecule has 1 saturated heterocycles. The summed E-state index contributed by atoms with van der Waals surface area (Å²) in [4.78, 5) is 19.1. The summed E-state index contributed by atoms with van der Waals surface area (Å²) in [5, 5.41) is 10.7. The molecule has 2 aromatic rings. The molecular formula is C21H29N5O. The minimum atomic E-state index is 0.131. The number of H-pyrrole nitrogens is 1. The van der Waals surface area contributed by atoms with Crippen molar-refractivity contribution in [2.45, 2.75) is 57.4 Å². The van der Waals surface area contributed by atoms with Crippen LogP contribution in [0.3, 0.4) is 0 Å². The SMILES string of the molecule is O=C(NC1CCCCC1)N1CCC(Cc2nc(-c3ccccc3)n[nH]2)CC1. The number of carbonyl (C=O) groups excluding carboxylic acids is 1. The normalized spacial score (nSPS) is 19.2. The molecule has 4 rings (SSSR count). The molecule has 2 N–H and O–H groups in total. The van der Waals surface area contributed by atoms with E-state index < -0.39 is 0 Å². The van der Waals surface area contributed by atoms with Gasteiger partial charge in [-0.3, -0.25) is 5.10 Å². The lowest BCUT2D eigenvalue weighted by molar-refractivity contribution is 0.164. The Morgan fingerprint density at radius 2 is 1.81 bits per heavy atom. The summed E-state index contributed by atoms with van der Waals surface area (Å²) in [6.07, 6.45) is 9.03. The number of hydrogen-bond donors (Lipinski definition) is 2. The Bertz CT molecular complexity index is 730. The molecule has 144 valence electrons. The fourth-order valence-electron chi connectivity index (χ4n) is 4.23. The number of aromatic nitrogens is 3. The van der Waals surface area contributed by atoms with Gasteiger partial charge in [-0.1, -0.05) is 49.6 Å². The maximum absolute atomic E-state index is 12.5. The molecule has 6 nitrogen and oxygen atoms in total. The molecule has 0 spiro atoms. The summed E-state index contributed by atoms with van der Waals surface area (Å²) in [6, 6.07) is 10.6. The number of rotatable bonds is 4. The summed E-state index contributed by atoms with van der Waals surface area (Å²) < 4.78 is 0. The van der Waals surface area contributed by atoms with Gasteiger partial charge in [0.15, 0.2) is 5.82 Å². The lowest BCUT2D eigenvalue weighted by Gasteiger charge is -2.33. The number of likely N-dealkylation sites (tertiary alicyclic amines) is 1. The Hall–Kier alpha value is -2.37. The van der Waals surface area contributed by atoms with Crippen molar-refractivity contribution >= 4 is 6.03 Å². The summed E-state index contributed by atoms with van der Waals surface area (Å²) in [6.45, 7) is 1.67. The fourth-order valence-corrected chi connectivity index (χ4v) is 4.23. The highest BCUT2D eigenvalue weighted by atomic mass is 16.2. The molecule has 0 unspecified atom stereocenters. The molecule has 2 heterocycles. The maximum Gasteiger partial charge on any atom is 0.317 e. The van der Waals surface area contributed by atoms with Crippen LogP contribution >= 0.6 is 0 Å². The van der Waals surface area contributed by atoms with Crippen LogP contribution in [0.25, 0.3) is 11.4 Å². The standard InChI is InChI=1S/C21H29N5O/c27-21(22-18-9-5-2-6-10-18)26-13-11-16(12-14-26)15-19-23-20(25-24-19)17-7-3-1-4-8-17/h1,3-4,7-8,16,18H,2,5-6,9-15H2,(H,22,27)(H,23,24,25). The van der Waals surface area contributed by atoms with Gasteiger partial charge in [0, 0.05) is 31.1 Å². The third-order valence-corrected chi connectivity index (χ3v) is 5.88. The minimum Gasteiger partial charge on any atom is -0.335 e. The predicted molar refractivity (Wildman–Crippen MR) is 105 cm³/mol. The molecule has 2 amide bonds. The van der Waals surface area contributed by atoms with Gasteiger partial charge >= 0.3 is 6.03 Å². The second kappa shape index (κ2) is 8.55. The van der Waals surface area contributed by atoms with E-state index in [1.54, 1.807) is 0 Å². The number of nitrogens with one attached hydrogen (secondary N) is 2. The first kappa shape index (κ1) is 18.0. The van der Waals surface area contributed by atoms with Crippen LogP contribution in [-0.2, 0) is 6.42 Å². The fraction of sp³-hybridized carbons (Fsp3) is 0.571. The van der Waals surface area contributed by atoms with Crippen molar-refractivity contribution in [2.24, 2.45) is 5.92 Å². The predicted octanol–water partition coefficient (Wildman–Crippen LogP) is 3.77. The average molecular weight is 367 g/mol. The van der Waals surface area contributed by atoms with E-state index in [-0.39, 0.29) is 6.03 Å². The second-order valence-corrected chi connectivity index (χ2v) is 7.89. The van der Waals surface area contributed by atoms with Gasteiger partial charge in [0.1, 0.15) is 5.82 Å². The van der Waals surface area contributed by atoms with E-state index >= 15 is 0 Å². The summed E-state index contributed by atoms with van der Waals surface area (Å²) in [5.74, 6) is 2.26. The van der Waals surface area contributed by atoms with Crippen molar-refractivity contribution in [2.75, 3.05) is 13.1 Å². The number of aromatic amines is 1. The average Bonchev–Trinajstić information content (AvgIpc) is 3.18. The van der Waals surface area contributed by atoms with Crippen LogP contribution in [0.1, 0.15) is 50.8 Å². The van der Waals surface area contributed by atoms with E-state index in [0.29, 0.717) is 12.0 Å². The quantitative estimate of drug-likeness (QED) is 0.864. The van der Waals surface area contributed by atoms with E-state index in [2.05, 4.69) is 20.5 Å². The van der Waals surface area contributed by atoms with Gasteiger partial charge in [-0.05, 0) is 31.6 Å². The molecule has 6 heteroatoms. The zero-order valence-corrected chi connectivity index (χ0v) is 15.9. The molecule has 1 aliphatic heterocycles. The molecule has 27 heavy (non-hydrogen) atoms. The van der Waals surface area contributed by atoms with Crippen LogP contribution in [0.15, 0.2) is 30.3 Å². The first-order valence-electron chi connectivity index (χ1n) is 10.3. The molecule has 1 aromatic carbocycles. The van der Waals surface area contributed by atoms with Gasteiger partial charge in [0.05, 0.1) is 0 Å². The number of carbonyl (C=O) groups is 1. The van der Waals surface area contributed by atoms with Gasteiger partial charge in [-0.2, -0.15) is 5.10 Å². The van der Waals surface area contributed by atoms with Crippen LogP contribution in [0, 0.1) is 5.92 Å². The number of urea groups is 1. The first-order chi connectivity index (χ1) is 13.3. The number of nitrogens with zero attached hydrogens (tertiary/aromatic N) is 3. The molecule has 0 atom stereocenters. The van der Waals surface area contributed by atoms with E-state index in [4.69, 9.17) is 0 Å². The number of amides is 2. The van der Waals surface area contributed by atoms with Crippen LogP contribution in [0.2, 0.25) is 0 Å². The van der Waals surface area contributed by atoms with Crippen LogP contribution < -0.4 is 5.32 Å². The molecule has 1 saturated carbocycles. The lowest BCUT2D eigenvalue weighted by Crippen LogP contribution is -2.48. The third-order valence-electron chi connectivity index (χ3n) is 5.88. The highest BCUT2D eigenvalue weighted by Crippen LogP contribution is 2.23. The van der Waals surface area contributed by atoms with Crippen LogP contribution in [0.4, 0.5) is 4.79 Å². The van der Waals surface area contributed by atoms with Gasteiger partial charge in [0.2, 0.25) is 0 Å². The van der Waals surface area contributed by atoms with Crippen molar-refractivity contribution in [1.29, 1.82) is 0 Å². The topological polar surface area (TPSA) is 73.9 Å². The Kier molecular flexibility index (Phi) is 5.70. The van der Waals surface area contributed by atoms with E-state index in [9.17, 15) is 4.79 Å². The van der Waals surface area contributed by atoms with Gasteiger partial charge in [0.25, 0.3) is 0 Å². The van der Waals surface area contributed by atoms with Crippen molar-refractivity contribution in [1.82, 2.24) is 25.4 Å². The highest BCUT2D eigenvalue weighted by molar-refractivity contribution is 5.74. The summed E-state index contributed by atoms with van der Waals surface area (Å²) >= 11 is 0. The third kappa shape index (κ3) is 4.67. The highest BCUT2D eigenvalue weighted by Gasteiger charge is 2.25.